The molecule has 1 saturated heterocycles. The second kappa shape index (κ2) is 6.34. The summed E-state index contributed by atoms with van der Waals surface area (Å²) < 4.78 is 0. The molecule has 1 aromatic heterocycles. The highest BCUT2D eigenvalue weighted by molar-refractivity contribution is 7.10. The molecule has 18 heavy (non-hydrogen) atoms. The van der Waals surface area contributed by atoms with Crippen LogP contribution in [0.4, 0.5) is 0 Å². The molecule has 1 N–H and O–H groups in total. The second-order valence-corrected chi connectivity index (χ2v) is 6.20. The molecule has 1 fully saturated rings. The summed E-state index contributed by atoms with van der Waals surface area (Å²) in [5, 5.41) is 10.9. The van der Waals surface area contributed by atoms with Crippen molar-refractivity contribution in [2.24, 2.45) is 5.92 Å². The molecule has 0 spiro atoms. The van der Waals surface area contributed by atoms with E-state index in [1.807, 2.05) is 11.3 Å². The summed E-state index contributed by atoms with van der Waals surface area (Å²) in [6, 6.07) is 2.17. The Balaban J connectivity index is 1.83. The summed E-state index contributed by atoms with van der Waals surface area (Å²) in [4.78, 5) is 14.5. The van der Waals surface area contributed by atoms with E-state index in [0.29, 0.717) is 12.3 Å². The van der Waals surface area contributed by atoms with Crippen LogP contribution in [-0.4, -0.2) is 29.1 Å². The van der Waals surface area contributed by atoms with Crippen LogP contribution in [0.25, 0.3) is 0 Å². The number of aliphatic carboxylic acids is 1. The number of carbonyl (C=O) groups is 1. The molecule has 0 amide bonds. The van der Waals surface area contributed by atoms with E-state index in [-0.39, 0.29) is 0 Å². The topological polar surface area (TPSA) is 40.5 Å². The molecule has 0 saturated carbocycles. The van der Waals surface area contributed by atoms with Crippen LogP contribution >= 0.6 is 11.3 Å². The van der Waals surface area contributed by atoms with Gasteiger partial charge in [0.25, 0.3) is 0 Å². The van der Waals surface area contributed by atoms with Crippen molar-refractivity contribution >= 4 is 17.3 Å². The molecule has 2 heterocycles. The van der Waals surface area contributed by atoms with Gasteiger partial charge in [0.1, 0.15) is 0 Å². The van der Waals surface area contributed by atoms with Crippen LogP contribution in [0.5, 0.6) is 0 Å². The lowest BCUT2D eigenvalue weighted by Gasteiger charge is -2.32. The van der Waals surface area contributed by atoms with Crippen LogP contribution < -0.4 is 0 Å². The lowest BCUT2D eigenvalue weighted by Crippen LogP contribution is -2.35. The fourth-order valence-corrected chi connectivity index (χ4v) is 3.57. The standard InChI is InChI=1S/C14H21NO2S/c1-11-6-8-18-13(11)10-15-7-2-3-12(9-15)4-5-14(16)17/h6,8,12H,2-5,7,9-10H2,1H3,(H,16,17). The number of hydrogen-bond acceptors (Lipinski definition) is 3. The Bertz CT molecular complexity index is 402. The Labute approximate surface area is 112 Å². The molecule has 0 aliphatic carbocycles. The maximum absolute atomic E-state index is 10.6. The highest BCUT2D eigenvalue weighted by atomic mass is 32.1. The van der Waals surface area contributed by atoms with Crippen molar-refractivity contribution in [1.29, 1.82) is 0 Å². The van der Waals surface area contributed by atoms with E-state index >= 15 is 0 Å². The summed E-state index contributed by atoms with van der Waals surface area (Å²) in [5.74, 6) is -0.101. The van der Waals surface area contributed by atoms with Gasteiger partial charge in [0.05, 0.1) is 0 Å². The number of aryl methyl sites for hydroxylation is 1. The van der Waals surface area contributed by atoms with Gasteiger partial charge in [-0.1, -0.05) is 0 Å². The SMILES string of the molecule is Cc1ccsc1CN1CCCC(CCC(=O)O)C1. The summed E-state index contributed by atoms with van der Waals surface area (Å²) in [6.07, 6.45) is 3.54. The Morgan fingerprint density at radius 2 is 2.44 bits per heavy atom. The number of thiophene rings is 1. The van der Waals surface area contributed by atoms with Crippen LogP contribution in [0.3, 0.4) is 0 Å². The van der Waals surface area contributed by atoms with Gasteiger partial charge >= 0.3 is 5.97 Å². The van der Waals surface area contributed by atoms with E-state index in [2.05, 4.69) is 23.3 Å². The Hall–Kier alpha value is -0.870. The minimum atomic E-state index is -0.666. The third-order valence-corrected chi connectivity index (χ3v) is 4.71. The molecule has 1 aliphatic heterocycles. The van der Waals surface area contributed by atoms with Gasteiger partial charge in [-0.05, 0) is 55.7 Å². The molecular formula is C14H21NO2S. The molecule has 100 valence electrons. The lowest BCUT2D eigenvalue weighted by atomic mass is 9.93. The van der Waals surface area contributed by atoms with E-state index in [1.54, 1.807) is 0 Å². The zero-order chi connectivity index (χ0) is 13.0. The van der Waals surface area contributed by atoms with Crippen LogP contribution in [-0.2, 0) is 11.3 Å². The molecule has 0 radical (unpaired) electrons. The number of carboxylic acid groups (broad SMARTS) is 1. The first-order valence-corrected chi connectivity index (χ1v) is 7.50. The van der Waals surface area contributed by atoms with E-state index in [4.69, 9.17) is 5.11 Å². The Kier molecular flexibility index (Phi) is 4.78. The number of rotatable bonds is 5. The molecule has 1 unspecified atom stereocenters. The summed E-state index contributed by atoms with van der Waals surface area (Å²) in [7, 11) is 0. The monoisotopic (exact) mass is 267 g/mol. The summed E-state index contributed by atoms with van der Waals surface area (Å²) in [6.45, 7) is 5.41. The zero-order valence-corrected chi connectivity index (χ0v) is 11.7. The van der Waals surface area contributed by atoms with Gasteiger partial charge in [0.2, 0.25) is 0 Å². The van der Waals surface area contributed by atoms with Crippen LogP contribution in [0, 0.1) is 12.8 Å². The molecule has 4 heteroatoms. The Morgan fingerprint density at radius 1 is 1.61 bits per heavy atom. The number of likely N-dealkylation sites (tertiary alicyclic amines) is 1. The zero-order valence-electron chi connectivity index (χ0n) is 10.9. The quantitative estimate of drug-likeness (QED) is 0.891. The first kappa shape index (κ1) is 13.6. The molecule has 1 atom stereocenters. The van der Waals surface area contributed by atoms with Gasteiger partial charge in [-0.25, -0.2) is 0 Å². The van der Waals surface area contributed by atoms with Crippen LogP contribution in [0.1, 0.15) is 36.1 Å². The number of hydrogen-bond donors (Lipinski definition) is 1. The van der Waals surface area contributed by atoms with E-state index < -0.39 is 5.97 Å². The van der Waals surface area contributed by atoms with Gasteiger partial charge in [-0.15, -0.1) is 11.3 Å². The van der Waals surface area contributed by atoms with E-state index in [1.165, 1.54) is 23.3 Å². The maximum atomic E-state index is 10.6. The van der Waals surface area contributed by atoms with E-state index in [0.717, 1.165) is 26.1 Å². The first-order valence-electron chi connectivity index (χ1n) is 6.62. The molecule has 1 aromatic rings. The van der Waals surface area contributed by atoms with Crippen molar-refractivity contribution in [3.05, 3.63) is 21.9 Å². The van der Waals surface area contributed by atoms with Crippen LogP contribution in [0.2, 0.25) is 0 Å². The maximum Gasteiger partial charge on any atom is 0.303 e. The smallest absolute Gasteiger partial charge is 0.303 e. The van der Waals surface area contributed by atoms with Crippen molar-refractivity contribution in [3.63, 3.8) is 0 Å². The molecule has 3 nitrogen and oxygen atoms in total. The normalized spacial score (nSPS) is 21.1. The molecule has 0 aromatic carbocycles. The average molecular weight is 267 g/mol. The third-order valence-electron chi connectivity index (χ3n) is 3.70. The Morgan fingerprint density at radius 3 is 3.11 bits per heavy atom. The van der Waals surface area contributed by atoms with Crippen molar-refractivity contribution in [2.75, 3.05) is 13.1 Å². The van der Waals surface area contributed by atoms with Gasteiger partial charge in [0.15, 0.2) is 0 Å². The molecule has 0 bridgehead atoms. The fourth-order valence-electron chi connectivity index (χ4n) is 2.63. The lowest BCUT2D eigenvalue weighted by molar-refractivity contribution is -0.137. The minimum absolute atomic E-state index is 0.316. The van der Waals surface area contributed by atoms with Gasteiger partial charge in [0, 0.05) is 24.4 Å². The highest BCUT2D eigenvalue weighted by Crippen LogP contribution is 2.24. The van der Waals surface area contributed by atoms with Crippen molar-refractivity contribution in [2.45, 2.75) is 39.2 Å². The van der Waals surface area contributed by atoms with Gasteiger partial charge in [-0.2, -0.15) is 0 Å². The predicted octanol–water partition coefficient (Wildman–Crippen LogP) is 3.13. The largest absolute Gasteiger partial charge is 0.481 e. The average Bonchev–Trinajstić information content (AvgIpc) is 2.73. The summed E-state index contributed by atoms with van der Waals surface area (Å²) >= 11 is 1.83. The van der Waals surface area contributed by atoms with E-state index in [9.17, 15) is 4.79 Å². The summed E-state index contributed by atoms with van der Waals surface area (Å²) in [5.41, 5.74) is 1.38. The number of carboxylic acids is 1. The minimum Gasteiger partial charge on any atom is -0.481 e. The predicted molar refractivity (Wildman–Crippen MR) is 73.9 cm³/mol. The number of nitrogens with zero attached hydrogens (tertiary/aromatic N) is 1. The van der Waals surface area contributed by atoms with Gasteiger partial charge < -0.3 is 5.11 Å². The van der Waals surface area contributed by atoms with Crippen molar-refractivity contribution < 1.29 is 9.90 Å². The third kappa shape index (κ3) is 3.82. The highest BCUT2D eigenvalue weighted by Gasteiger charge is 2.21. The van der Waals surface area contributed by atoms with Gasteiger partial charge in [-0.3, -0.25) is 9.69 Å². The molecule has 1 aliphatic rings. The number of piperidine rings is 1. The molecule has 2 rings (SSSR count). The van der Waals surface area contributed by atoms with Crippen LogP contribution in [0.15, 0.2) is 11.4 Å². The second-order valence-electron chi connectivity index (χ2n) is 5.20. The fraction of sp³-hybridized carbons (Fsp3) is 0.643. The van der Waals surface area contributed by atoms with Crippen molar-refractivity contribution in [1.82, 2.24) is 4.90 Å². The van der Waals surface area contributed by atoms with Crippen molar-refractivity contribution in [3.8, 4) is 0 Å². The molecular weight excluding hydrogens is 246 g/mol. The first-order chi connectivity index (χ1) is 8.65.